The molecule has 6 nitrogen and oxygen atoms in total. The van der Waals surface area contributed by atoms with E-state index in [9.17, 15) is 9.59 Å². The second-order valence-corrected chi connectivity index (χ2v) is 8.73. The number of furan rings is 1. The average Bonchev–Trinajstić information content (AvgIpc) is 3.37. The van der Waals surface area contributed by atoms with Crippen LogP contribution in [0.5, 0.6) is 0 Å². The van der Waals surface area contributed by atoms with Gasteiger partial charge in [0.1, 0.15) is 11.5 Å². The van der Waals surface area contributed by atoms with Crippen molar-refractivity contribution in [2.45, 2.75) is 6.92 Å². The Bertz CT molecular complexity index is 1280. The second kappa shape index (κ2) is 9.87. The summed E-state index contributed by atoms with van der Waals surface area (Å²) in [6, 6.07) is 15.5. The number of hydrogen-bond acceptors (Lipinski definition) is 6. The minimum Gasteiger partial charge on any atom is -0.462 e. The molecular weight excluding hydrogens is 483 g/mol. The molecule has 0 unspecified atom stereocenters. The zero-order chi connectivity index (χ0) is 23.5. The summed E-state index contributed by atoms with van der Waals surface area (Å²) in [6.45, 7) is 2.06. The summed E-state index contributed by atoms with van der Waals surface area (Å²) in [5, 5.41) is 1.35. The lowest BCUT2D eigenvalue weighted by Crippen LogP contribution is -2.23. The molecule has 0 atom stereocenters. The monoisotopic (exact) mass is 500 g/mol. The molecule has 1 aliphatic heterocycles. The van der Waals surface area contributed by atoms with Crippen molar-refractivity contribution >= 4 is 63.8 Å². The van der Waals surface area contributed by atoms with E-state index in [2.05, 4.69) is 4.99 Å². The minimum absolute atomic E-state index is 0.194. The van der Waals surface area contributed by atoms with E-state index in [1.54, 1.807) is 68.6 Å². The largest absolute Gasteiger partial charge is 0.462 e. The Hall–Kier alpha value is -3.00. The summed E-state index contributed by atoms with van der Waals surface area (Å²) in [4.78, 5) is 31.0. The van der Waals surface area contributed by atoms with E-state index in [1.165, 1.54) is 16.7 Å². The van der Waals surface area contributed by atoms with Crippen LogP contribution in [0.3, 0.4) is 0 Å². The van der Waals surface area contributed by atoms with E-state index >= 15 is 0 Å². The maximum atomic E-state index is 12.7. The molecule has 1 aliphatic rings. The number of amidine groups is 1. The first-order valence-corrected chi connectivity index (χ1v) is 11.5. The van der Waals surface area contributed by atoms with Gasteiger partial charge in [0.05, 0.1) is 32.8 Å². The van der Waals surface area contributed by atoms with Crippen LogP contribution in [0.25, 0.3) is 17.4 Å². The number of hydrogen-bond donors (Lipinski definition) is 0. The Morgan fingerprint density at radius 3 is 2.64 bits per heavy atom. The highest BCUT2D eigenvalue weighted by Crippen LogP contribution is 2.37. The third-order valence-electron chi connectivity index (χ3n) is 4.72. The Labute approximate surface area is 204 Å². The van der Waals surface area contributed by atoms with Crippen LogP contribution in [0, 0.1) is 0 Å². The molecule has 0 spiro atoms. The van der Waals surface area contributed by atoms with Crippen molar-refractivity contribution in [3.63, 3.8) is 0 Å². The fourth-order valence-electron chi connectivity index (χ4n) is 3.05. The zero-order valence-corrected chi connectivity index (χ0v) is 20.0. The van der Waals surface area contributed by atoms with Gasteiger partial charge in [0, 0.05) is 18.7 Å². The number of nitrogens with zero attached hydrogens (tertiary/aromatic N) is 2. The van der Waals surface area contributed by atoms with Gasteiger partial charge in [0.2, 0.25) is 0 Å². The molecule has 33 heavy (non-hydrogen) atoms. The van der Waals surface area contributed by atoms with Gasteiger partial charge in [0.15, 0.2) is 5.17 Å². The van der Waals surface area contributed by atoms with Gasteiger partial charge in [-0.05, 0) is 67.2 Å². The van der Waals surface area contributed by atoms with Crippen molar-refractivity contribution in [2.75, 3.05) is 13.7 Å². The Morgan fingerprint density at radius 1 is 1.15 bits per heavy atom. The van der Waals surface area contributed by atoms with Crippen molar-refractivity contribution in [1.29, 1.82) is 0 Å². The van der Waals surface area contributed by atoms with Gasteiger partial charge in [-0.15, -0.1) is 0 Å². The van der Waals surface area contributed by atoms with Gasteiger partial charge in [-0.3, -0.25) is 9.69 Å². The molecule has 1 aromatic heterocycles. The SMILES string of the molecule is CCOC(=O)c1ccc(N=C2S/C(=C\c3ccc(-c4cccc(Cl)c4Cl)o3)C(=O)N2C)cc1. The van der Waals surface area contributed by atoms with Crippen LogP contribution < -0.4 is 0 Å². The summed E-state index contributed by atoms with van der Waals surface area (Å²) in [5.41, 5.74) is 1.73. The van der Waals surface area contributed by atoms with Gasteiger partial charge in [-0.2, -0.15) is 0 Å². The number of carbonyl (C=O) groups is 2. The molecule has 3 aromatic rings. The molecule has 168 valence electrons. The van der Waals surface area contributed by atoms with E-state index in [0.29, 0.717) is 55.1 Å². The summed E-state index contributed by atoms with van der Waals surface area (Å²) in [6.07, 6.45) is 1.66. The first-order chi connectivity index (χ1) is 15.9. The third-order valence-corrected chi connectivity index (χ3v) is 6.60. The average molecular weight is 501 g/mol. The summed E-state index contributed by atoms with van der Waals surface area (Å²) in [5.74, 6) is 0.473. The van der Waals surface area contributed by atoms with Crippen molar-refractivity contribution in [3.8, 4) is 11.3 Å². The van der Waals surface area contributed by atoms with Gasteiger partial charge >= 0.3 is 5.97 Å². The molecule has 0 N–H and O–H groups in total. The highest BCUT2D eigenvalue weighted by molar-refractivity contribution is 8.18. The van der Waals surface area contributed by atoms with Crippen LogP contribution in [-0.4, -0.2) is 35.6 Å². The van der Waals surface area contributed by atoms with E-state index < -0.39 is 0 Å². The molecule has 4 rings (SSSR count). The van der Waals surface area contributed by atoms with Gasteiger partial charge in [-0.1, -0.05) is 29.3 Å². The van der Waals surface area contributed by atoms with E-state index in [1.807, 2.05) is 6.07 Å². The van der Waals surface area contributed by atoms with Crippen molar-refractivity contribution < 1.29 is 18.7 Å². The quantitative estimate of drug-likeness (QED) is 0.289. The summed E-state index contributed by atoms with van der Waals surface area (Å²) < 4.78 is 10.9. The topological polar surface area (TPSA) is 72.1 Å². The number of likely N-dealkylation sites (N-methyl/N-ethyl adjacent to an activating group) is 1. The van der Waals surface area contributed by atoms with Gasteiger partial charge in [0.25, 0.3) is 5.91 Å². The normalized spacial score (nSPS) is 16.1. The fourth-order valence-corrected chi connectivity index (χ4v) is 4.41. The summed E-state index contributed by atoms with van der Waals surface area (Å²) >= 11 is 13.6. The van der Waals surface area contributed by atoms with Crippen LogP contribution in [-0.2, 0) is 9.53 Å². The standard InChI is InChI=1S/C24H18Cl2N2O4S/c1-3-31-23(30)14-7-9-15(10-8-14)27-24-28(2)22(29)20(33-24)13-16-11-12-19(32-16)17-5-4-6-18(25)21(17)26/h4-13H,3H2,1-2H3/b20-13-,27-24?. The number of rotatable bonds is 5. The molecule has 2 heterocycles. The van der Waals surface area contributed by atoms with Crippen molar-refractivity contribution in [3.05, 3.63) is 80.9 Å². The first-order valence-electron chi connectivity index (χ1n) is 9.95. The van der Waals surface area contributed by atoms with Crippen LogP contribution in [0.2, 0.25) is 10.0 Å². The number of ether oxygens (including phenoxy) is 1. The molecule has 0 bridgehead atoms. The van der Waals surface area contributed by atoms with Gasteiger partial charge in [-0.25, -0.2) is 9.79 Å². The van der Waals surface area contributed by atoms with Crippen molar-refractivity contribution in [1.82, 2.24) is 4.90 Å². The first kappa shape index (κ1) is 23.2. The van der Waals surface area contributed by atoms with Crippen LogP contribution >= 0.6 is 35.0 Å². The van der Waals surface area contributed by atoms with Crippen molar-refractivity contribution in [2.24, 2.45) is 4.99 Å². The highest BCUT2D eigenvalue weighted by Gasteiger charge is 2.30. The molecule has 0 saturated carbocycles. The van der Waals surface area contributed by atoms with Crippen LogP contribution in [0.15, 0.2) is 68.9 Å². The highest BCUT2D eigenvalue weighted by atomic mass is 35.5. The predicted molar refractivity (Wildman–Crippen MR) is 132 cm³/mol. The van der Waals surface area contributed by atoms with E-state index in [0.717, 1.165) is 0 Å². The molecule has 1 fully saturated rings. The molecule has 0 aliphatic carbocycles. The lowest BCUT2D eigenvalue weighted by molar-refractivity contribution is -0.121. The number of carbonyl (C=O) groups excluding carboxylic acids is 2. The van der Waals surface area contributed by atoms with Crippen LogP contribution in [0.4, 0.5) is 5.69 Å². The lowest BCUT2D eigenvalue weighted by Gasteiger charge is -2.07. The number of benzene rings is 2. The molecule has 1 saturated heterocycles. The molecule has 1 amide bonds. The maximum Gasteiger partial charge on any atom is 0.338 e. The summed E-state index contributed by atoms with van der Waals surface area (Å²) in [7, 11) is 1.65. The molecule has 9 heteroatoms. The number of aliphatic imine (C=N–C) groups is 1. The number of amides is 1. The lowest BCUT2D eigenvalue weighted by atomic mass is 10.2. The number of halogens is 2. The Kier molecular flexibility index (Phi) is 6.93. The van der Waals surface area contributed by atoms with Crippen LogP contribution in [0.1, 0.15) is 23.0 Å². The fraction of sp³-hybridized carbons (Fsp3) is 0.125. The molecular formula is C24H18Cl2N2O4S. The minimum atomic E-state index is -0.388. The second-order valence-electron chi connectivity index (χ2n) is 6.94. The molecule has 2 aromatic carbocycles. The zero-order valence-electron chi connectivity index (χ0n) is 17.7. The Balaban J connectivity index is 1.54. The predicted octanol–water partition coefficient (Wildman–Crippen LogP) is 6.66. The smallest absolute Gasteiger partial charge is 0.338 e. The number of thioether (sulfide) groups is 1. The number of esters is 1. The maximum absolute atomic E-state index is 12.7. The van der Waals surface area contributed by atoms with Gasteiger partial charge < -0.3 is 9.15 Å². The van der Waals surface area contributed by atoms with E-state index in [4.69, 9.17) is 32.4 Å². The van der Waals surface area contributed by atoms with E-state index in [-0.39, 0.29) is 11.9 Å². The third kappa shape index (κ3) is 5.00. The molecule has 0 radical (unpaired) electrons. The Morgan fingerprint density at radius 2 is 1.91 bits per heavy atom.